The molecule has 0 aromatic heterocycles. The van der Waals surface area contributed by atoms with E-state index in [2.05, 4.69) is 29.7 Å². The number of thioether (sulfide) groups is 1. The minimum atomic E-state index is -0.403. The molecule has 30 heavy (non-hydrogen) atoms. The van der Waals surface area contributed by atoms with Crippen molar-refractivity contribution in [2.45, 2.75) is 49.9 Å². The molecule has 2 amide bonds. The van der Waals surface area contributed by atoms with Crippen LogP contribution < -0.4 is 10.6 Å². The highest BCUT2D eigenvalue weighted by Crippen LogP contribution is 2.32. The van der Waals surface area contributed by atoms with Gasteiger partial charge in [0, 0.05) is 30.8 Å². The van der Waals surface area contributed by atoms with Crippen LogP contribution in [0, 0.1) is 11.8 Å². The number of amides is 2. The molecule has 0 bridgehead atoms. The Morgan fingerprint density at radius 1 is 1.23 bits per heavy atom. The van der Waals surface area contributed by atoms with Gasteiger partial charge in [0.25, 0.3) is 0 Å². The van der Waals surface area contributed by atoms with Crippen LogP contribution in [0.3, 0.4) is 0 Å². The fraction of sp³-hybridized carbons (Fsp3) is 0.591. The van der Waals surface area contributed by atoms with E-state index in [-0.39, 0.29) is 46.9 Å². The number of piperidine rings is 1. The van der Waals surface area contributed by atoms with Gasteiger partial charge in [0.2, 0.25) is 11.8 Å². The number of carbonyl (C=O) groups excluding carboxylic acids is 3. The number of rotatable bonds is 6. The van der Waals surface area contributed by atoms with Gasteiger partial charge in [0.05, 0.1) is 18.9 Å². The highest BCUT2D eigenvalue weighted by atomic mass is 32.2. The molecule has 0 spiro atoms. The van der Waals surface area contributed by atoms with Crippen LogP contribution in [-0.4, -0.2) is 54.4 Å². The Morgan fingerprint density at radius 3 is 2.50 bits per heavy atom. The van der Waals surface area contributed by atoms with Gasteiger partial charge in [-0.2, -0.15) is 0 Å². The first-order valence-corrected chi connectivity index (χ1v) is 11.5. The number of hydrogen-bond donors (Lipinski definition) is 2. The number of methoxy groups -OCH3 is 1. The third kappa shape index (κ3) is 5.55. The molecule has 4 unspecified atom stereocenters. The first-order valence-electron chi connectivity index (χ1n) is 10.5. The Bertz CT molecular complexity index is 752. The van der Waals surface area contributed by atoms with E-state index in [1.165, 1.54) is 12.7 Å². The number of likely N-dealkylation sites (tertiary alicyclic amines) is 1. The van der Waals surface area contributed by atoms with E-state index in [4.69, 9.17) is 4.74 Å². The third-order valence-corrected chi connectivity index (χ3v) is 7.22. The number of carbonyl (C=O) groups is 3. The van der Waals surface area contributed by atoms with Gasteiger partial charge >= 0.3 is 5.97 Å². The molecule has 0 aliphatic carbocycles. The van der Waals surface area contributed by atoms with Crippen LogP contribution in [-0.2, 0) is 19.1 Å². The van der Waals surface area contributed by atoms with Crippen molar-refractivity contribution < 1.29 is 19.1 Å². The van der Waals surface area contributed by atoms with Gasteiger partial charge in [-0.25, -0.2) is 0 Å². The van der Waals surface area contributed by atoms with Crippen LogP contribution in [0.15, 0.2) is 30.3 Å². The first-order chi connectivity index (χ1) is 14.4. The molecule has 8 heteroatoms. The predicted octanol–water partition coefficient (Wildman–Crippen LogP) is 2.29. The Kier molecular flexibility index (Phi) is 7.77. The van der Waals surface area contributed by atoms with Gasteiger partial charge in [-0.05, 0) is 32.3 Å². The predicted molar refractivity (Wildman–Crippen MR) is 116 cm³/mol. The lowest BCUT2D eigenvalue weighted by Gasteiger charge is -2.37. The molecule has 2 aliphatic heterocycles. The lowest BCUT2D eigenvalue weighted by molar-refractivity contribution is -0.149. The molecular weight excluding hydrogens is 402 g/mol. The summed E-state index contributed by atoms with van der Waals surface area (Å²) >= 11 is 1.65. The number of benzene rings is 1. The summed E-state index contributed by atoms with van der Waals surface area (Å²) < 4.78 is 4.80. The molecule has 3 rings (SSSR count). The summed E-state index contributed by atoms with van der Waals surface area (Å²) in [5.74, 6) is -0.866. The minimum Gasteiger partial charge on any atom is -0.469 e. The Labute approximate surface area is 182 Å². The summed E-state index contributed by atoms with van der Waals surface area (Å²) in [6.45, 7) is 5.14. The largest absolute Gasteiger partial charge is 0.469 e. The Morgan fingerprint density at radius 2 is 1.90 bits per heavy atom. The normalized spacial score (nSPS) is 26.0. The highest BCUT2D eigenvalue weighted by Gasteiger charge is 2.37. The molecule has 2 N–H and O–H groups in total. The second-order valence-electron chi connectivity index (χ2n) is 8.02. The molecule has 2 heterocycles. The fourth-order valence-electron chi connectivity index (χ4n) is 4.06. The molecule has 7 nitrogen and oxygen atoms in total. The van der Waals surface area contributed by atoms with Crippen LogP contribution >= 0.6 is 11.8 Å². The smallest absolute Gasteiger partial charge is 0.308 e. The molecule has 164 valence electrons. The maximum Gasteiger partial charge on any atom is 0.308 e. The average Bonchev–Trinajstić information content (AvgIpc) is 2.76. The zero-order chi connectivity index (χ0) is 21.7. The van der Waals surface area contributed by atoms with Crippen LogP contribution in [0.25, 0.3) is 0 Å². The maximum absolute atomic E-state index is 12.7. The van der Waals surface area contributed by atoms with Crippen molar-refractivity contribution in [3.05, 3.63) is 35.9 Å². The molecule has 1 aromatic carbocycles. The van der Waals surface area contributed by atoms with Crippen LogP contribution in [0.1, 0.15) is 43.9 Å². The van der Waals surface area contributed by atoms with Gasteiger partial charge in [0.15, 0.2) is 0 Å². The molecule has 0 saturated carbocycles. The first kappa shape index (κ1) is 22.6. The van der Waals surface area contributed by atoms with Gasteiger partial charge in [0.1, 0.15) is 5.50 Å². The SMILES string of the molecule is COC(=O)C1CCN(C(=O)CC2C(=O)NC(SC(C)c3ccccc3)NC2C)CC1. The number of nitrogens with zero attached hydrogens (tertiary/aromatic N) is 1. The Hall–Kier alpha value is -2.06. The number of nitrogens with one attached hydrogen (secondary N) is 2. The van der Waals surface area contributed by atoms with E-state index >= 15 is 0 Å². The monoisotopic (exact) mass is 433 g/mol. The topological polar surface area (TPSA) is 87.7 Å². The van der Waals surface area contributed by atoms with Gasteiger partial charge in [-0.3, -0.25) is 19.7 Å². The van der Waals surface area contributed by atoms with E-state index in [0.717, 1.165) is 0 Å². The van der Waals surface area contributed by atoms with E-state index in [0.29, 0.717) is 25.9 Å². The van der Waals surface area contributed by atoms with E-state index < -0.39 is 5.92 Å². The van der Waals surface area contributed by atoms with Crippen molar-refractivity contribution in [3.8, 4) is 0 Å². The molecule has 0 radical (unpaired) electrons. The average molecular weight is 434 g/mol. The highest BCUT2D eigenvalue weighted by molar-refractivity contribution is 8.00. The zero-order valence-electron chi connectivity index (χ0n) is 17.8. The van der Waals surface area contributed by atoms with Crippen LogP contribution in [0.4, 0.5) is 0 Å². The zero-order valence-corrected chi connectivity index (χ0v) is 18.6. The molecule has 2 fully saturated rings. The summed E-state index contributed by atoms with van der Waals surface area (Å²) in [5.41, 5.74) is 1.02. The van der Waals surface area contributed by atoms with Crippen molar-refractivity contribution in [1.29, 1.82) is 0 Å². The van der Waals surface area contributed by atoms with Crippen LogP contribution in [0.5, 0.6) is 0 Å². The number of hydrogen-bond acceptors (Lipinski definition) is 6. The second kappa shape index (κ2) is 10.3. The standard InChI is InChI=1S/C22H31N3O4S/c1-14-18(13-19(26)25-11-9-17(10-12-25)21(28)29-3)20(27)24-22(23-14)30-15(2)16-7-5-4-6-8-16/h4-8,14-15,17-18,22-23H,9-13H2,1-3H3,(H,24,27). The van der Waals surface area contributed by atoms with Crippen molar-refractivity contribution in [2.24, 2.45) is 11.8 Å². The quantitative estimate of drug-likeness (QED) is 0.670. The number of ether oxygens (including phenoxy) is 1. The third-order valence-electron chi connectivity index (χ3n) is 6.01. The van der Waals surface area contributed by atoms with Gasteiger partial charge < -0.3 is 15.0 Å². The summed E-state index contributed by atoms with van der Waals surface area (Å²) in [6, 6.07) is 10.1. The maximum atomic E-state index is 12.7. The van der Waals surface area contributed by atoms with Crippen molar-refractivity contribution >= 4 is 29.5 Å². The summed E-state index contributed by atoms with van der Waals surface area (Å²) in [4.78, 5) is 38.9. The molecule has 2 aliphatic rings. The minimum absolute atomic E-state index is 0.0316. The lowest BCUT2D eigenvalue weighted by Crippen LogP contribution is -2.60. The second-order valence-corrected chi connectivity index (χ2v) is 9.47. The fourth-order valence-corrected chi connectivity index (χ4v) is 5.26. The van der Waals surface area contributed by atoms with Crippen LogP contribution in [0.2, 0.25) is 0 Å². The van der Waals surface area contributed by atoms with Crippen molar-refractivity contribution in [3.63, 3.8) is 0 Å². The molecule has 4 atom stereocenters. The van der Waals surface area contributed by atoms with E-state index in [1.54, 1.807) is 16.7 Å². The van der Waals surface area contributed by atoms with Gasteiger partial charge in [-0.1, -0.05) is 30.3 Å². The van der Waals surface area contributed by atoms with E-state index in [1.807, 2.05) is 25.1 Å². The summed E-state index contributed by atoms with van der Waals surface area (Å²) in [7, 11) is 1.39. The van der Waals surface area contributed by atoms with E-state index in [9.17, 15) is 14.4 Å². The van der Waals surface area contributed by atoms with Gasteiger partial charge in [-0.15, -0.1) is 11.8 Å². The van der Waals surface area contributed by atoms with Crippen molar-refractivity contribution in [1.82, 2.24) is 15.5 Å². The molecular formula is C22H31N3O4S. The molecule has 1 aromatic rings. The molecule has 2 saturated heterocycles. The summed E-state index contributed by atoms with van der Waals surface area (Å²) in [6.07, 6.45) is 1.40. The number of esters is 1. The van der Waals surface area contributed by atoms with Crippen molar-refractivity contribution in [2.75, 3.05) is 20.2 Å². The summed E-state index contributed by atoms with van der Waals surface area (Å²) in [5, 5.41) is 6.68. The Balaban J connectivity index is 1.49. The lowest BCUT2D eigenvalue weighted by atomic mass is 9.92.